The van der Waals surface area contributed by atoms with Crippen molar-refractivity contribution in [3.8, 4) is 0 Å². The number of hydrogen-bond acceptors (Lipinski definition) is 4. The summed E-state index contributed by atoms with van der Waals surface area (Å²) in [5.41, 5.74) is 6.46. The van der Waals surface area contributed by atoms with Crippen LogP contribution in [0.3, 0.4) is 0 Å². The van der Waals surface area contributed by atoms with E-state index in [-0.39, 0.29) is 19.1 Å². The fourth-order valence-electron chi connectivity index (χ4n) is 1.98. The first-order chi connectivity index (χ1) is 9.60. The van der Waals surface area contributed by atoms with Gasteiger partial charge in [-0.1, -0.05) is 23.7 Å². The molecule has 0 saturated carbocycles. The van der Waals surface area contributed by atoms with Gasteiger partial charge < -0.3 is 15.7 Å². The number of carbonyl (C=O) groups is 1. The maximum absolute atomic E-state index is 12.5. The van der Waals surface area contributed by atoms with Crippen LogP contribution < -0.4 is 5.73 Å². The summed E-state index contributed by atoms with van der Waals surface area (Å²) < 4.78 is 0.876. The van der Waals surface area contributed by atoms with Gasteiger partial charge in [0, 0.05) is 23.2 Å². The second kappa shape index (κ2) is 6.26. The molecule has 0 radical (unpaired) electrons. The third kappa shape index (κ3) is 2.65. The van der Waals surface area contributed by atoms with Crippen molar-refractivity contribution < 1.29 is 9.90 Å². The lowest BCUT2D eigenvalue weighted by Gasteiger charge is -2.19. The zero-order chi connectivity index (χ0) is 14.7. The molecule has 1 heterocycles. The van der Waals surface area contributed by atoms with E-state index >= 15 is 0 Å². The lowest BCUT2D eigenvalue weighted by Crippen LogP contribution is -2.33. The standard InChI is InChI=1S/C14H15ClN2O2S/c1-2-6-17(7-8-18)14(19)13-12(16)11-9(15)4-3-5-10(11)20-13/h2-5,18H,1,6-8,16H2. The molecule has 3 N–H and O–H groups in total. The van der Waals surface area contributed by atoms with E-state index in [0.717, 1.165) is 4.70 Å². The summed E-state index contributed by atoms with van der Waals surface area (Å²) >= 11 is 7.44. The van der Waals surface area contributed by atoms with E-state index in [4.69, 9.17) is 22.4 Å². The van der Waals surface area contributed by atoms with Gasteiger partial charge >= 0.3 is 0 Å². The van der Waals surface area contributed by atoms with Crippen LogP contribution in [-0.4, -0.2) is 35.6 Å². The van der Waals surface area contributed by atoms with Crippen LogP contribution in [0.2, 0.25) is 5.02 Å². The van der Waals surface area contributed by atoms with E-state index in [1.165, 1.54) is 16.2 Å². The smallest absolute Gasteiger partial charge is 0.266 e. The Bertz CT molecular complexity index is 654. The summed E-state index contributed by atoms with van der Waals surface area (Å²) in [4.78, 5) is 14.4. The molecule has 20 heavy (non-hydrogen) atoms. The van der Waals surface area contributed by atoms with Crippen LogP contribution in [0.25, 0.3) is 10.1 Å². The molecule has 4 nitrogen and oxygen atoms in total. The van der Waals surface area contributed by atoms with Gasteiger partial charge in [0.05, 0.1) is 17.3 Å². The molecular formula is C14H15ClN2O2S. The Balaban J connectivity index is 2.46. The van der Waals surface area contributed by atoms with Gasteiger partial charge in [-0.3, -0.25) is 4.79 Å². The lowest BCUT2D eigenvalue weighted by molar-refractivity contribution is 0.0748. The third-order valence-electron chi connectivity index (χ3n) is 2.90. The number of halogens is 1. The Hall–Kier alpha value is -1.56. The van der Waals surface area contributed by atoms with E-state index in [2.05, 4.69) is 6.58 Å². The van der Waals surface area contributed by atoms with Crippen molar-refractivity contribution in [1.82, 2.24) is 4.90 Å². The van der Waals surface area contributed by atoms with Gasteiger partial charge in [-0.2, -0.15) is 0 Å². The Morgan fingerprint density at radius 1 is 1.55 bits per heavy atom. The first kappa shape index (κ1) is 14.8. The molecule has 106 valence electrons. The summed E-state index contributed by atoms with van der Waals surface area (Å²) in [7, 11) is 0. The Labute approximate surface area is 126 Å². The molecule has 0 atom stereocenters. The van der Waals surface area contributed by atoms with Crippen LogP contribution in [0.5, 0.6) is 0 Å². The predicted molar refractivity (Wildman–Crippen MR) is 84.4 cm³/mol. The first-order valence-electron chi connectivity index (χ1n) is 6.07. The van der Waals surface area contributed by atoms with Crippen LogP contribution in [0.15, 0.2) is 30.9 Å². The van der Waals surface area contributed by atoms with Crippen molar-refractivity contribution in [3.05, 3.63) is 40.8 Å². The van der Waals surface area contributed by atoms with E-state index in [0.29, 0.717) is 27.5 Å². The summed E-state index contributed by atoms with van der Waals surface area (Å²) in [5, 5.41) is 10.3. The van der Waals surface area contributed by atoms with Crippen LogP contribution in [0, 0.1) is 0 Å². The maximum Gasteiger partial charge on any atom is 0.266 e. The van der Waals surface area contributed by atoms with Crippen LogP contribution in [0.4, 0.5) is 5.69 Å². The monoisotopic (exact) mass is 310 g/mol. The van der Waals surface area contributed by atoms with Crippen LogP contribution in [-0.2, 0) is 0 Å². The van der Waals surface area contributed by atoms with E-state index < -0.39 is 0 Å². The van der Waals surface area contributed by atoms with Crippen molar-refractivity contribution in [2.75, 3.05) is 25.4 Å². The minimum atomic E-state index is -0.214. The van der Waals surface area contributed by atoms with Gasteiger partial charge in [0.15, 0.2) is 0 Å². The van der Waals surface area contributed by atoms with Gasteiger partial charge in [-0.05, 0) is 12.1 Å². The molecule has 0 aliphatic carbocycles. The minimum Gasteiger partial charge on any atom is -0.397 e. The first-order valence-corrected chi connectivity index (χ1v) is 7.27. The molecule has 0 aliphatic rings. The molecule has 0 fully saturated rings. The van der Waals surface area contributed by atoms with Gasteiger partial charge in [0.2, 0.25) is 0 Å². The number of aliphatic hydroxyl groups excluding tert-OH is 1. The largest absolute Gasteiger partial charge is 0.397 e. The second-order valence-electron chi connectivity index (χ2n) is 4.22. The summed E-state index contributed by atoms with van der Waals surface area (Å²) in [6.07, 6.45) is 1.62. The molecule has 0 bridgehead atoms. The average Bonchev–Trinajstić information content (AvgIpc) is 2.76. The second-order valence-corrected chi connectivity index (χ2v) is 5.68. The highest BCUT2D eigenvalue weighted by Crippen LogP contribution is 2.38. The van der Waals surface area contributed by atoms with E-state index in [1.807, 2.05) is 12.1 Å². The molecule has 0 unspecified atom stereocenters. The third-order valence-corrected chi connectivity index (χ3v) is 4.38. The molecular weight excluding hydrogens is 296 g/mol. The summed E-state index contributed by atoms with van der Waals surface area (Å²) in [6.45, 7) is 4.11. The summed E-state index contributed by atoms with van der Waals surface area (Å²) in [5.74, 6) is -0.214. The molecule has 0 saturated heterocycles. The molecule has 0 aliphatic heterocycles. The van der Waals surface area contributed by atoms with Gasteiger partial charge in [0.25, 0.3) is 5.91 Å². The number of amides is 1. The Morgan fingerprint density at radius 3 is 2.90 bits per heavy atom. The highest BCUT2D eigenvalue weighted by Gasteiger charge is 2.22. The quantitative estimate of drug-likeness (QED) is 0.835. The number of rotatable bonds is 5. The topological polar surface area (TPSA) is 66.6 Å². The normalized spacial score (nSPS) is 10.7. The minimum absolute atomic E-state index is 0.106. The van der Waals surface area contributed by atoms with Gasteiger partial charge in [-0.25, -0.2) is 0 Å². The number of thiophene rings is 1. The number of anilines is 1. The number of hydrogen-bond donors (Lipinski definition) is 2. The van der Waals surface area contributed by atoms with Crippen molar-refractivity contribution >= 4 is 44.6 Å². The number of aliphatic hydroxyl groups is 1. The molecule has 2 rings (SSSR count). The van der Waals surface area contributed by atoms with E-state index in [9.17, 15) is 4.79 Å². The fourth-order valence-corrected chi connectivity index (χ4v) is 3.43. The number of carbonyl (C=O) groups excluding carboxylic acids is 1. The Kier molecular flexibility index (Phi) is 4.65. The fraction of sp³-hybridized carbons (Fsp3) is 0.214. The highest BCUT2D eigenvalue weighted by atomic mass is 35.5. The van der Waals surface area contributed by atoms with Gasteiger partial charge in [0.1, 0.15) is 4.88 Å². The zero-order valence-corrected chi connectivity index (χ0v) is 12.4. The summed E-state index contributed by atoms with van der Waals surface area (Å²) in [6, 6.07) is 5.45. The van der Waals surface area contributed by atoms with Crippen molar-refractivity contribution in [2.24, 2.45) is 0 Å². The van der Waals surface area contributed by atoms with Crippen molar-refractivity contribution in [1.29, 1.82) is 0 Å². The predicted octanol–water partition coefficient (Wildman–Crippen LogP) is 2.76. The van der Waals surface area contributed by atoms with E-state index in [1.54, 1.807) is 12.1 Å². The number of nitrogens with zero attached hydrogens (tertiary/aromatic N) is 1. The zero-order valence-electron chi connectivity index (χ0n) is 10.8. The molecule has 2 aromatic rings. The van der Waals surface area contributed by atoms with Crippen LogP contribution >= 0.6 is 22.9 Å². The van der Waals surface area contributed by atoms with Crippen molar-refractivity contribution in [3.63, 3.8) is 0 Å². The number of nitrogen functional groups attached to an aromatic ring is 1. The maximum atomic E-state index is 12.5. The number of benzene rings is 1. The molecule has 1 aromatic carbocycles. The van der Waals surface area contributed by atoms with Crippen LogP contribution in [0.1, 0.15) is 9.67 Å². The lowest BCUT2D eigenvalue weighted by atomic mass is 10.2. The Morgan fingerprint density at radius 2 is 2.30 bits per heavy atom. The molecule has 1 amide bonds. The average molecular weight is 311 g/mol. The van der Waals surface area contributed by atoms with Crippen molar-refractivity contribution in [2.45, 2.75) is 0 Å². The molecule has 1 aromatic heterocycles. The number of fused-ring (bicyclic) bond motifs is 1. The molecule has 6 heteroatoms. The van der Waals surface area contributed by atoms with Gasteiger partial charge in [-0.15, -0.1) is 17.9 Å². The SMILES string of the molecule is C=CCN(CCO)C(=O)c1sc2cccc(Cl)c2c1N. The molecule has 0 spiro atoms. The number of nitrogens with two attached hydrogens (primary N) is 1. The highest BCUT2D eigenvalue weighted by molar-refractivity contribution is 7.21.